The maximum Gasteiger partial charge on any atom is 0.278 e. The molecule has 0 aliphatic rings. The quantitative estimate of drug-likeness (QED) is 0.572. The fourth-order valence-electron chi connectivity index (χ4n) is 2.20. The van der Waals surface area contributed by atoms with Crippen molar-refractivity contribution in [2.75, 3.05) is 0 Å². The summed E-state index contributed by atoms with van der Waals surface area (Å²) in [4.78, 5) is 25.7. The molecular weight excluding hydrogens is 256 g/mol. The highest BCUT2D eigenvalue weighted by Crippen LogP contribution is 2.28. The van der Waals surface area contributed by atoms with Crippen molar-refractivity contribution in [1.29, 1.82) is 0 Å². The lowest BCUT2D eigenvalue weighted by Gasteiger charge is -2.05. The number of rotatable bonds is 2. The molecule has 2 aromatic carbocycles. The molecule has 3 rings (SSSR count). The van der Waals surface area contributed by atoms with E-state index in [1.54, 1.807) is 36.4 Å². The Labute approximate surface area is 113 Å². The maximum atomic E-state index is 12.1. The van der Waals surface area contributed by atoms with Crippen molar-refractivity contribution in [2.24, 2.45) is 0 Å². The molecule has 0 atom stereocenters. The Hall–Kier alpha value is -2.95. The SMILES string of the molecule is O=c1cc(-c2ccccc2[N+](=O)[O-])[nH]c2ccccc12. The van der Waals surface area contributed by atoms with E-state index in [1.165, 1.54) is 12.1 Å². The van der Waals surface area contributed by atoms with Gasteiger partial charge in [-0.15, -0.1) is 0 Å². The highest BCUT2D eigenvalue weighted by Gasteiger charge is 2.15. The number of benzene rings is 2. The number of nitro groups is 1. The third kappa shape index (κ3) is 1.95. The van der Waals surface area contributed by atoms with E-state index >= 15 is 0 Å². The standard InChI is InChI=1S/C15H10N2O3/c18-15-9-13(16-12-7-3-1-6-11(12)15)10-5-2-4-8-14(10)17(19)20/h1-9H,(H,16,18). The predicted molar refractivity (Wildman–Crippen MR) is 76.7 cm³/mol. The van der Waals surface area contributed by atoms with Gasteiger partial charge in [-0.3, -0.25) is 14.9 Å². The van der Waals surface area contributed by atoms with Crippen LogP contribution in [0.5, 0.6) is 0 Å². The average Bonchev–Trinajstić information content (AvgIpc) is 2.47. The van der Waals surface area contributed by atoms with E-state index in [4.69, 9.17) is 0 Å². The van der Waals surface area contributed by atoms with E-state index in [-0.39, 0.29) is 11.1 Å². The number of aromatic amines is 1. The molecule has 5 nitrogen and oxygen atoms in total. The van der Waals surface area contributed by atoms with Crippen molar-refractivity contribution in [1.82, 2.24) is 4.98 Å². The smallest absolute Gasteiger partial charge is 0.278 e. The number of para-hydroxylation sites is 2. The molecule has 0 spiro atoms. The molecule has 5 heteroatoms. The molecule has 98 valence electrons. The first-order valence-corrected chi connectivity index (χ1v) is 6.02. The predicted octanol–water partition coefficient (Wildman–Crippen LogP) is 3.10. The highest BCUT2D eigenvalue weighted by molar-refractivity contribution is 5.82. The van der Waals surface area contributed by atoms with Gasteiger partial charge in [0.1, 0.15) is 0 Å². The number of aromatic nitrogens is 1. The summed E-state index contributed by atoms with van der Waals surface area (Å²) >= 11 is 0. The topological polar surface area (TPSA) is 76.0 Å². The summed E-state index contributed by atoms with van der Waals surface area (Å²) in [5.41, 5.74) is 1.32. The number of hydrogen-bond acceptors (Lipinski definition) is 3. The van der Waals surface area contributed by atoms with Gasteiger partial charge in [0.25, 0.3) is 5.69 Å². The van der Waals surface area contributed by atoms with Crippen LogP contribution in [0.3, 0.4) is 0 Å². The molecule has 0 aliphatic carbocycles. The van der Waals surface area contributed by atoms with Crippen LogP contribution >= 0.6 is 0 Å². The van der Waals surface area contributed by atoms with Gasteiger partial charge in [-0.25, -0.2) is 0 Å². The molecule has 0 aliphatic heterocycles. The van der Waals surface area contributed by atoms with Crippen LogP contribution in [-0.4, -0.2) is 9.91 Å². The summed E-state index contributed by atoms with van der Waals surface area (Å²) in [6.07, 6.45) is 0. The minimum absolute atomic E-state index is 0.0292. The van der Waals surface area contributed by atoms with Crippen molar-refractivity contribution >= 4 is 16.6 Å². The number of nitrogens with zero attached hydrogens (tertiary/aromatic N) is 1. The van der Waals surface area contributed by atoms with Crippen LogP contribution in [0.1, 0.15) is 0 Å². The third-order valence-electron chi connectivity index (χ3n) is 3.13. The molecule has 0 bridgehead atoms. The lowest BCUT2D eigenvalue weighted by molar-refractivity contribution is -0.384. The number of nitro benzene ring substituents is 1. The Balaban J connectivity index is 2.31. The zero-order valence-electron chi connectivity index (χ0n) is 10.4. The Kier molecular flexibility index (Phi) is 2.80. The summed E-state index contributed by atoms with van der Waals surface area (Å²) < 4.78 is 0. The molecule has 20 heavy (non-hydrogen) atoms. The molecule has 0 radical (unpaired) electrons. The molecular formula is C15H10N2O3. The maximum absolute atomic E-state index is 12.1. The second-order valence-electron chi connectivity index (χ2n) is 4.37. The number of nitrogens with one attached hydrogen (secondary N) is 1. The first-order valence-electron chi connectivity index (χ1n) is 6.02. The largest absolute Gasteiger partial charge is 0.354 e. The van der Waals surface area contributed by atoms with Crippen LogP contribution in [0, 0.1) is 10.1 Å². The summed E-state index contributed by atoms with van der Waals surface area (Å²) in [5.74, 6) is 0. The van der Waals surface area contributed by atoms with Crippen molar-refractivity contribution in [2.45, 2.75) is 0 Å². The fraction of sp³-hybridized carbons (Fsp3) is 0. The molecule has 0 saturated heterocycles. The van der Waals surface area contributed by atoms with Gasteiger partial charge >= 0.3 is 0 Å². The monoisotopic (exact) mass is 266 g/mol. The first kappa shape index (κ1) is 12.1. The van der Waals surface area contributed by atoms with Crippen molar-refractivity contribution < 1.29 is 4.92 Å². The molecule has 0 fully saturated rings. The Morgan fingerprint density at radius 2 is 1.70 bits per heavy atom. The number of pyridine rings is 1. The summed E-state index contributed by atoms with van der Waals surface area (Å²) in [5, 5.41) is 11.6. The van der Waals surface area contributed by atoms with Crippen molar-refractivity contribution in [3.05, 3.63) is 74.9 Å². The lowest BCUT2D eigenvalue weighted by Crippen LogP contribution is -2.03. The van der Waals surface area contributed by atoms with Crippen LogP contribution in [0.15, 0.2) is 59.4 Å². The number of H-pyrrole nitrogens is 1. The molecule has 1 N–H and O–H groups in total. The van der Waals surface area contributed by atoms with E-state index in [2.05, 4.69) is 4.98 Å². The molecule has 0 amide bonds. The van der Waals surface area contributed by atoms with Crippen LogP contribution in [0.25, 0.3) is 22.2 Å². The number of hydrogen-bond donors (Lipinski definition) is 1. The molecule has 0 saturated carbocycles. The second-order valence-corrected chi connectivity index (χ2v) is 4.37. The van der Waals surface area contributed by atoms with Crippen LogP contribution < -0.4 is 5.43 Å². The van der Waals surface area contributed by atoms with Gasteiger partial charge in [0.2, 0.25) is 0 Å². The fourth-order valence-corrected chi connectivity index (χ4v) is 2.20. The van der Waals surface area contributed by atoms with Gasteiger partial charge in [-0.1, -0.05) is 24.3 Å². The van der Waals surface area contributed by atoms with Crippen molar-refractivity contribution in [3.63, 3.8) is 0 Å². The van der Waals surface area contributed by atoms with Gasteiger partial charge in [0.05, 0.1) is 16.2 Å². The highest BCUT2D eigenvalue weighted by atomic mass is 16.6. The molecule has 3 aromatic rings. The zero-order valence-corrected chi connectivity index (χ0v) is 10.4. The normalized spacial score (nSPS) is 10.6. The minimum atomic E-state index is -0.456. The van der Waals surface area contributed by atoms with Crippen LogP contribution in [0.2, 0.25) is 0 Å². The van der Waals surface area contributed by atoms with E-state index < -0.39 is 4.92 Å². The van der Waals surface area contributed by atoms with Crippen LogP contribution in [0.4, 0.5) is 5.69 Å². The third-order valence-corrected chi connectivity index (χ3v) is 3.13. The van der Waals surface area contributed by atoms with Gasteiger partial charge in [-0.05, 0) is 18.2 Å². The molecule has 1 heterocycles. The Bertz CT molecular complexity index is 868. The zero-order chi connectivity index (χ0) is 14.1. The molecule has 0 unspecified atom stereocenters. The van der Waals surface area contributed by atoms with Crippen molar-refractivity contribution in [3.8, 4) is 11.3 Å². The number of fused-ring (bicyclic) bond motifs is 1. The summed E-state index contributed by atoms with van der Waals surface area (Å²) in [6, 6.07) is 14.8. The average molecular weight is 266 g/mol. The van der Waals surface area contributed by atoms with Crippen LogP contribution in [-0.2, 0) is 0 Å². The second kappa shape index (κ2) is 4.62. The Morgan fingerprint density at radius 1 is 1.00 bits per heavy atom. The van der Waals surface area contributed by atoms with Gasteiger partial charge in [-0.2, -0.15) is 0 Å². The van der Waals surface area contributed by atoms with E-state index in [1.807, 2.05) is 6.07 Å². The lowest BCUT2D eigenvalue weighted by atomic mass is 10.1. The first-order chi connectivity index (χ1) is 9.66. The minimum Gasteiger partial charge on any atom is -0.354 e. The van der Waals surface area contributed by atoms with Gasteiger partial charge in [0.15, 0.2) is 5.43 Å². The summed E-state index contributed by atoms with van der Waals surface area (Å²) in [6.45, 7) is 0. The van der Waals surface area contributed by atoms with Gasteiger partial charge < -0.3 is 4.98 Å². The van der Waals surface area contributed by atoms with E-state index in [0.717, 1.165) is 0 Å². The Morgan fingerprint density at radius 3 is 2.50 bits per heavy atom. The van der Waals surface area contributed by atoms with E-state index in [9.17, 15) is 14.9 Å². The summed E-state index contributed by atoms with van der Waals surface area (Å²) in [7, 11) is 0. The van der Waals surface area contributed by atoms with E-state index in [0.29, 0.717) is 22.2 Å². The van der Waals surface area contributed by atoms with Gasteiger partial charge in [0, 0.05) is 23.0 Å². The molecule has 1 aromatic heterocycles.